The van der Waals surface area contributed by atoms with Gasteiger partial charge >= 0.3 is 0 Å². The number of aromatic hydroxyl groups is 1. The third-order valence-corrected chi connectivity index (χ3v) is 10.4. The number of benzene rings is 2. The number of nitrogens with one attached hydrogen (secondary N) is 1. The van der Waals surface area contributed by atoms with Gasteiger partial charge in [0.05, 0.1) is 24.0 Å². The highest BCUT2D eigenvalue weighted by atomic mass is 35.5. The number of amides is 4. The summed E-state index contributed by atoms with van der Waals surface area (Å²) in [6.45, 7) is 0. The molecule has 2 aromatic rings. The van der Waals surface area contributed by atoms with E-state index in [9.17, 15) is 46.2 Å². The molecule has 2 heterocycles. The largest absolute Gasteiger partial charge is 0.503 e. The number of methoxy groups -OCH3 is 1. The maximum Gasteiger partial charge on any atom is 0.258 e. The normalized spacial score (nSPS) is 31.5. The molecular weight excluding hydrogens is 650 g/mol. The number of fused-ring (bicyclic) bond motifs is 4. The van der Waals surface area contributed by atoms with Gasteiger partial charge in [-0.3, -0.25) is 24.5 Å². The monoisotopic (exact) mass is 664 g/mol. The number of anilines is 1. The molecule has 2 saturated heterocycles. The molecule has 6 unspecified atom stereocenters. The number of carbonyl (C=O) groups is 4. The summed E-state index contributed by atoms with van der Waals surface area (Å²) >= 11 is 20.1. The van der Waals surface area contributed by atoms with Gasteiger partial charge in [-0.2, -0.15) is 0 Å². The second-order valence-electron chi connectivity index (χ2n) is 10.6. The highest BCUT2D eigenvalue weighted by molar-refractivity contribution is 6.58. The summed E-state index contributed by atoms with van der Waals surface area (Å²) in [5.41, 5.74) is -1.68. The summed E-state index contributed by atoms with van der Waals surface area (Å²) in [4.78, 5) is 47.9. The Morgan fingerprint density at radius 2 is 1.53 bits per heavy atom. The van der Waals surface area contributed by atoms with Crippen molar-refractivity contribution in [3.05, 3.63) is 63.5 Å². The topological polar surface area (TPSA) is 113 Å². The van der Waals surface area contributed by atoms with E-state index in [4.69, 9.17) is 39.5 Å². The lowest BCUT2D eigenvalue weighted by molar-refractivity contribution is -0.127. The molecule has 1 saturated carbocycles. The lowest BCUT2D eigenvalue weighted by Crippen LogP contribution is -2.60. The molecule has 4 amide bonds. The SMILES string of the molecule is COc1cc(C2C3=CCC4C(=O)NC(=O)C4C3CC3(Cl)C(=O)N(c4c(F)c(F)c(F)c(F)c4F)C(=O)C23Cl)cc(Cl)c1O. The molecule has 2 aliphatic carbocycles. The Morgan fingerprint density at radius 3 is 2.14 bits per heavy atom. The maximum atomic E-state index is 15.0. The highest BCUT2D eigenvalue weighted by Gasteiger charge is 2.77. The minimum atomic E-state index is -2.72. The fraction of sp³-hybridized carbons (Fsp3) is 0.333. The summed E-state index contributed by atoms with van der Waals surface area (Å²) in [6.07, 6.45) is 0.863. The molecule has 2 aromatic carbocycles. The van der Waals surface area contributed by atoms with Crippen molar-refractivity contribution in [1.82, 2.24) is 5.32 Å². The molecule has 43 heavy (non-hydrogen) atoms. The molecule has 2 aliphatic heterocycles. The van der Waals surface area contributed by atoms with Crippen molar-refractivity contribution < 1.29 is 51.0 Å². The average Bonchev–Trinajstić information content (AvgIpc) is 3.34. The van der Waals surface area contributed by atoms with Crippen LogP contribution in [0.5, 0.6) is 11.5 Å². The van der Waals surface area contributed by atoms with Gasteiger partial charge in [0.25, 0.3) is 11.8 Å². The van der Waals surface area contributed by atoms with Gasteiger partial charge in [0.15, 0.2) is 44.5 Å². The van der Waals surface area contributed by atoms with Crippen LogP contribution in [0.4, 0.5) is 27.6 Å². The van der Waals surface area contributed by atoms with E-state index in [0.717, 1.165) is 6.07 Å². The van der Waals surface area contributed by atoms with Crippen LogP contribution < -0.4 is 15.0 Å². The van der Waals surface area contributed by atoms with Crippen molar-refractivity contribution in [2.75, 3.05) is 12.0 Å². The van der Waals surface area contributed by atoms with Crippen LogP contribution in [0.3, 0.4) is 0 Å². The predicted molar refractivity (Wildman–Crippen MR) is 139 cm³/mol. The fourth-order valence-corrected chi connectivity index (χ4v) is 7.92. The standard InChI is InChI=1S/C27H16Cl3F5N2O6/c1-43-12-5-7(4-11(28)21(12)38)14-8-2-3-9-13(23(40)36-22(9)39)10(8)6-26(29)24(41)37(25(42)27(14,26)30)20-18(34)16(32)15(31)17(33)19(20)35/h2,4-5,9-10,13-14,38H,3,6H2,1H3,(H,36,39,40). The lowest BCUT2D eigenvalue weighted by atomic mass is 9.56. The van der Waals surface area contributed by atoms with E-state index in [1.807, 2.05) is 0 Å². The van der Waals surface area contributed by atoms with Gasteiger partial charge in [-0.15, -0.1) is 23.2 Å². The number of rotatable bonds is 3. The number of hydrogen-bond donors (Lipinski definition) is 2. The third-order valence-electron chi connectivity index (χ3n) is 8.67. The Labute approximate surface area is 253 Å². The molecule has 226 valence electrons. The molecule has 16 heteroatoms. The first-order chi connectivity index (χ1) is 20.1. The number of phenols is 1. The molecule has 0 bridgehead atoms. The van der Waals surface area contributed by atoms with E-state index in [2.05, 4.69) is 5.32 Å². The van der Waals surface area contributed by atoms with Crippen molar-refractivity contribution in [3.8, 4) is 11.5 Å². The number of alkyl halides is 2. The Kier molecular flexibility index (Phi) is 6.58. The third kappa shape index (κ3) is 3.61. The molecule has 4 aliphatic rings. The van der Waals surface area contributed by atoms with E-state index in [1.54, 1.807) is 0 Å². The minimum Gasteiger partial charge on any atom is -0.503 e. The lowest BCUT2D eigenvalue weighted by Gasteiger charge is -2.50. The predicted octanol–water partition coefficient (Wildman–Crippen LogP) is 4.60. The Bertz CT molecular complexity index is 1710. The number of halogens is 8. The average molecular weight is 666 g/mol. The summed E-state index contributed by atoms with van der Waals surface area (Å²) in [6, 6.07) is 2.35. The van der Waals surface area contributed by atoms with Crippen LogP contribution in [0.1, 0.15) is 24.3 Å². The molecule has 0 radical (unpaired) electrons. The first kappa shape index (κ1) is 29.6. The molecule has 8 nitrogen and oxygen atoms in total. The van der Waals surface area contributed by atoms with Crippen LogP contribution in [-0.2, 0) is 19.2 Å². The Morgan fingerprint density at radius 1 is 0.930 bits per heavy atom. The zero-order valence-corrected chi connectivity index (χ0v) is 23.7. The molecule has 0 spiro atoms. The number of hydrogen-bond acceptors (Lipinski definition) is 6. The van der Waals surface area contributed by atoms with Crippen LogP contribution in [-0.4, -0.2) is 45.6 Å². The molecule has 6 rings (SSSR count). The summed E-state index contributed by atoms with van der Waals surface area (Å²) in [7, 11) is 1.18. The zero-order valence-electron chi connectivity index (χ0n) is 21.4. The van der Waals surface area contributed by atoms with E-state index >= 15 is 0 Å². The fourth-order valence-electron chi connectivity index (χ4n) is 6.77. The van der Waals surface area contributed by atoms with Gasteiger partial charge in [0.2, 0.25) is 17.6 Å². The van der Waals surface area contributed by atoms with Gasteiger partial charge in [0, 0.05) is 5.92 Å². The van der Waals surface area contributed by atoms with Gasteiger partial charge in [-0.05, 0) is 36.5 Å². The molecule has 0 aromatic heterocycles. The van der Waals surface area contributed by atoms with Crippen molar-refractivity contribution in [2.24, 2.45) is 17.8 Å². The van der Waals surface area contributed by atoms with Crippen LogP contribution >= 0.6 is 34.8 Å². The molecule has 6 atom stereocenters. The Hall–Kier alpha value is -3.42. The van der Waals surface area contributed by atoms with Crippen LogP contribution in [0, 0.1) is 46.8 Å². The van der Waals surface area contributed by atoms with Gasteiger partial charge in [-0.25, -0.2) is 26.9 Å². The van der Waals surface area contributed by atoms with Crippen molar-refractivity contribution in [1.29, 1.82) is 0 Å². The molecular formula is C27H16Cl3F5N2O6. The number of imide groups is 2. The molecule has 3 fully saturated rings. The van der Waals surface area contributed by atoms with Crippen LogP contribution in [0.2, 0.25) is 5.02 Å². The van der Waals surface area contributed by atoms with E-state index < -0.39 is 104 Å². The van der Waals surface area contributed by atoms with Gasteiger partial charge < -0.3 is 9.84 Å². The number of ether oxygens (including phenoxy) is 1. The Balaban J connectivity index is 1.64. The van der Waals surface area contributed by atoms with E-state index in [-0.39, 0.29) is 33.2 Å². The first-order valence-corrected chi connectivity index (χ1v) is 13.6. The number of nitrogens with zero attached hydrogens (tertiary/aromatic N) is 1. The van der Waals surface area contributed by atoms with Crippen molar-refractivity contribution >= 4 is 64.1 Å². The summed E-state index contributed by atoms with van der Waals surface area (Å²) < 4.78 is 77.5. The highest BCUT2D eigenvalue weighted by Crippen LogP contribution is 2.66. The number of carbonyl (C=O) groups excluding carboxylic acids is 4. The summed E-state index contributed by atoms with van der Waals surface area (Å²) in [5.74, 6) is -22.2. The van der Waals surface area contributed by atoms with E-state index in [1.165, 1.54) is 19.3 Å². The smallest absolute Gasteiger partial charge is 0.258 e. The van der Waals surface area contributed by atoms with Gasteiger partial charge in [0.1, 0.15) is 5.69 Å². The molecule has 2 N–H and O–H groups in total. The number of phenolic OH excluding ortho intramolecular Hbond substituents is 1. The second-order valence-corrected chi connectivity index (χ2v) is 12.2. The first-order valence-electron chi connectivity index (χ1n) is 12.5. The van der Waals surface area contributed by atoms with Crippen molar-refractivity contribution in [3.63, 3.8) is 0 Å². The number of allylic oxidation sites excluding steroid dienone is 2. The van der Waals surface area contributed by atoms with Crippen molar-refractivity contribution in [2.45, 2.75) is 28.5 Å². The maximum absolute atomic E-state index is 15.0. The zero-order chi connectivity index (χ0) is 31.5. The van der Waals surface area contributed by atoms with Crippen LogP contribution in [0.15, 0.2) is 23.8 Å². The summed E-state index contributed by atoms with van der Waals surface area (Å²) in [5, 5.41) is 12.2. The van der Waals surface area contributed by atoms with Gasteiger partial charge in [-0.1, -0.05) is 23.3 Å². The second kappa shape index (κ2) is 9.54. The van der Waals surface area contributed by atoms with Crippen LogP contribution in [0.25, 0.3) is 0 Å². The quantitative estimate of drug-likeness (QED) is 0.124. The minimum absolute atomic E-state index is 0.0146. The van der Waals surface area contributed by atoms with E-state index in [0.29, 0.717) is 0 Å².